The van der Waals surface area contributed by atoms with E-state index < -0.39 is 0 Å². The highest BCUT2D eigenvalue weighted by atomic mass is 16.2. The van der Waals surface area contributed by atoms with E-state index in [0.717, 1.165) is 5.69 Å². The lowest BCUT2D eigenvalue weighted by Crippen LogP contribution is -2.13. The first-order chi connectivity index (χ1) is 11.6. The number of carbonyl (C=O) groups is 2. The summed E-state index contributed by atoms with van der Waals surface area (Å²) < 4.78 is 1.52. The molecule has 1 heterocycles. The van der Waals surface area contributed by atoms with E-state index >= 15 is 0 Å². The van der Waals surface area contributed by atoms with Crippen LogP contribution in [-0.2, 0) is 4.79 Å². The minimum absolute atomic E-state index is 0.189. The van der Waals surface area contributed by atoms with Crippen LogP contribution in [0.3, 0.4) is 0 Å². The first-order valence-electron chi connectivity index (χ1n) is 7.14. The molecule has 2 N–H and O–H groups in total. The normalized spacial score (nSPS) is 10.2. The van der Waals surface area contributed by atoms with Gasteiger partial charge in [-0.3, -0.25) is 9.59 Å². The van der Waals surface area contributed by atoms with E-state index in [9.17, 15) is 9.59 Å². The summed E-state index contributed by atoms with van der Waals surface area (Å²) >= 11 is 0. The number of hydrogen-bond donors (Lipinski definition) is 2. The van der Waals surface area contributed by atoms with E-state index in [1.165, 1.54) is 17.9 Å². The number of rotatable bonds is 4. The molecule has 0 spiro atoms. The van der Waals surface area contributed by atoms with E-state index in [0.29, 0.717) is 16.9 Å². The lowest BCUT2D eigenvalue weighted by atomic mass is 10.1. The van der Waals surface area contributed by atoms with E-state index in [1.807, 2.05) is 0 Å². The molecule has 0 aliphatic heterocycles. The topological polar surface area (TPSA) is 102 Å². The predicted octanol–water partition coefficient (Wildman–Crippen LogP) is 1.87. The van der Waals surface area contributed by atoms with Crippen molar-refractivity contribution in [2.45, 2.75) is 6.92 Å². The van der Waals surface area contributed by atoms with Crippen molar-refractivity contribution in [1.29, 1.82) is 0 Å². The van der Waals surface area contributed by atoms with Gasteiger partial charge in [-0.05, 0) is 52.9 Å². The van der Waals surface area contributed by atoms with Crippen molar-refractivity contribution in [3.8, 4) is 5.69 Å². The lowest BCUT2D eigenvalue weighted by Gasteiger charge is -2.08. The Morgan fingerprint density at radius 1 is 1.00 bits per heavy atom. The van der Waals surface area contributed by atoms with Gasteiger partial charge in [0.05, 0.1) is 5.69 Å². The molecule has 0 aliphatic rings. The molecule has 0 saturated carbocycles. The highest BCUT2D eigenvalue weighted by molar-refractivity contribution is 6.05. The molecule has 0 fully saturated rings. The fourth-order valence-corrected chi connectivity index (χ4v) is 2.12. The Morgan fingerprint density at radius 3 is 2.46 bits per heavy atom. The zero-order valence-electron chi connectivity index (χ0n) is 12.8. The lowest BCUT2D eigenvalue weighted by molar-refractivity contribution is -0.114. The molecule has 0 aliphatic carbocycles. The maximum atomic E-state index is 12.3. The zero-order chi connectivity index (χ0) is 16.9. The number of hydrogen-bond acceptors (Lipinski definition) is 5. The largest absolute Gasteiger partial charge is 0.326 e. The first-order valence-corrected chi connectivity index (χ1v) is 7.14. The van der Waals surface area contributed by atoms with E-state index in [4.69, 9.17) is 0 Å². The minimum Gasteiger partial charge on any atom is -0.326 e. The quantitative estimate of drug-likeness (QED) is 0.763. The van der Waals surface area contributed by atoms with Gasteiger partial charge < -0.3 is 10.6 Å². The number of nitrogens with one attached hydrogen (secondary N) is 2. The molecule has 0 unspecified atom stereocenters. The molecule has 2 amide bonds. The summed E-state index contributed by atoms with van der Waals surface area (Å²) in [5.41, 5.74) is 2.45. The fraction of sp³-hybridized carbons (Fsp3) is 0.0625. The zero-order valence-corrected chi connectivity index (χ0v) is 12.8. The second-order valence-corrected chi connectivity index (χ2v) is 5.02. The van der Waals surface area contributed by atoms with E-state index in [2.05, 4.69) is 26.2 Å². The standard InChI is InChI=1S/C16H14N6O2/c1-11(23)18-14-4-2-3-12(9-14)16(24)19-13-5-7-15(8-6-13)22-10-17-20-21-22/h2-10H,1H3,(H,18,23)(H,19,24). The van der Waals surface area contributed by atoms with Gasteiger partial charge in [-0.25, -0.2) is 4.68 Å². The van der Waals surface area contributed by atoms with Crippen LogP contribution in [0.25, 0.3) is 5.69 Å². The van der Waals surface area contributed by atoms with Crippen LogP contribution in [0.5, 0.6) is 0 Å². The van der Waals surface area contributed by atoms with Crippen molar-refractivity contribution in [2.75, 3.05) is 10.6 Å². The van der Waals surface area contributed by atoms with Gasteiger partial charge in [0.15, 0.2) is 0 Å². The third-order valence-electron chi connectivity index (χ3n) is 3.18. The smallest absolute Gasteiger partial charge is 0.255 e. The van der Waals surface area contributed by atoms with Gasteiger partial charge >= 0.3 is 0 Å². The van der Waals surface area contributed by atoms with E-state index in [1.54, 1.807) is 48.5 Å². The SMILES string of the molecule is CC(=O)Nc1cccc(C(=O)Nc2ccc(-n3cnnn3)cc2)c1. The van der Waals surface area contributed by atoms with Crippen molar-refractivity contribution < 1.29 is 9.59 Å². The Morgan fingerprint density at radius 2 is 1.79 bits per heavy atom. The molecule has 2 aromatic carbocycles. The molecule has 8 heteroatoms. The van der Waals surface area contributed by atoms with Gasteiger partial charge in [0.1, 0.15) is 6.33 Å². The number of aromatic nitrogens is 4. The number of benzene rings is 2. The Bertz CT molecular complexity index is 859. The summed E-state index contributed by atoms with van der Waals surface area (Å²) in [5.74, 6) is -0.455. The van der Waals surface area contributed by atoms with Crippen molar-refractivity contribution >= 4 is 23.2 Å². The maximum absolute atomic E-state index is 12.3. The minimum atomic E-state index is -0.266. The van der Waals surface area contributed by atoms with Crippen LogP contribution in [0.4, 0.5) is 11.4 Å². The average Bonchev–Trinajstić information content (AvgIpc) is 3.09. The molecular formula is C16H14N6O2. The summed E-state index contributed by atoms with van der Waals surface area (Å²) in [6, 6.07) is 13.8. The highest BCUT2D eigenvalue weighted by Gasteiger charge is 2.08. The number of nitrogens with zero attached hydrogens (tertiary/aromatic N) is 4. The van der Waals surface area contributed by atoms with Crippen molar-refractivity contribution in [2.24, 2.45) is 0 Å². The highest BCUT2D eigenvalue weighted by Crippen LogP contribution is 2.15. The van der Waals surface area contributed by atoms with E-state index in [-0.39, 0.29) is 11.8 Å². The summed E-state index contributed by atoms with van der Waals surface area (Å²) in [5, 5.41) is 16.4. The Kier molecular flexibility index (Phi) is 4.28. The summed E-state index contributed by atoms with van der Waals surface area (Å²) in [6.07, 6.45) is 1.49. The Labute approximate surface area is 137 Å². The maximum Gasteiger partial charge on any atom is 0.255 e. The molecule has 120 valence electrons. The Hall–Kier alpha value is -3.55. The number of tetrazole rings is 1. The summed E-state index contributed by atoms with van der Waals surface area (Å²) in [7, 11) is 0. The van der Waals surface area contributed by atoms with Gasteiger partial charge in [-0.2, -0.15) is 0 Å². The molecule has 1 aromatic heterocycles. The van der Waals surface area contributed by atoms with Gasteiger partial charge in [-0.1, -0.05) is 6.07 Å². The average molecular weight is 322 g/mol. The van der Waals surface area contributed by atoms with Crippen molar-refractivity contribution in [3.05, 3.63) is 60.4 Å². The van der Waals surface area contributed by atoms with Crippen LogP contribution < -0.4 is 10.6 Å². The van der Waals surface area contributed by atoms with Crippen LogP contribution in [0.2, 0.25) is 0 Å². The third-order valence-corrected chi connectivity index (χ3v) is 3.18. The molecule has 3 aromatic rings. The van der Waals surface area contributed by atoms with Crippen LogP contribution >= 0.6 is 0 Å². The van der Waals surface area contributed by atoms with Crippen LogP contribution in [0, 0.1) is 0 Å². The molecule has 8 nitrogen and oxygen atoms in total. The Balaban J connectivity index is 1.71. The van der Waals surface area contributed by atoms with Gasteiger partial charge in [-0.15, -0.1) is 5.10 Å². The van der Waals surface area contributed by atoms with Gasteiger partial charge in [0.2, 0.25) is 5.91 Å². The second kappa shape index (κ2) is 6.69. The molecule has 3 rings (SSSR count). The monoisotopic (exact) mass is 322 g/mol. The number of carbonyl (C=O) groups excluding carboxylic acids is 2. The molecule has 0 atom stereocenters. The first kappa shape index (κ1) is 15.3. The predicted molar refractivity (Wildman–Crippen MR) is 87.9 cm³/mol. The summed E-state index contributed by atoms with van der Waals surface area (Å²) in [6.45, 7) is 1.42. The molecule has 0 saturated heterocycles. The fourth-order valence-electron chi connectivity index (χ4n) is 2.12. The van der Waals surface area contributed by atoms with Crippen molar-refractivity contribution in [1.82, 2.24) is 20.2 Å². The van der Waals surface area contributed by atoms with Crippen LogP contribution in [0.1, 0.15) is 17.3 Å². The molecule has 0 radical (unpaired) electrons. The molecular weight excluding hydrogens is 308 g/mol. The van der Waals surface area contributed by atoms with Crippen LogP contribution in [0.15, 0.2) is 54.9 Å². The van der Waals surface area contributed by atoms with Crippen LogP contribution in [-0.4, -0.2) is 32.0 Å². The summed E-state index contributed by atoms with van der Waals surface area (Å²) in [4.78, 5) is 23.4. The van der Waals surface area contributed by atoms with Crippen molar-refractivity contribution in [3.63, 3.8) is 0 Å². The van der Waals surface area contributed by atoms with Gasteiger partial charge in [0.25, 0.3) is 5.91 Å². The van der Waals surface area contributed by atoms with Gasteiger partial charge in [0, 0.05) is 23.9 Å². The third kappa shape index (κ3) is 3.61. The molecule has 24 heavy (non-hydrogen) atoms. The number of amides is 2. The second-order valence-electron chi connectivity index (χ2n) is 5.02. The number of anilines is 2. The molecule has 0 bridgehead atoms.